The van der Waals surface area contributed by atoms with Gasteiger partial charge in [0.05, 0.1) is 12.1 Å². The zero-order valence-corrected chi connectivity index (χ0v) is 16.4. The van der Waals surface area contributed by atoms with Crippen LogP contribution < -0.4 is 0 Å². The lowest BCUT2D eigenvalue weighted by molar-refractivity contribution is -0.132. The summed E-state index contributed by atoms with van der Waals surface area (Å²) in [6.45, 7) is 4.27. The Morgan fingerprint density at radius 3 is 2.70 bits per heavy atom. The molecule has 1 aromatic carbocycles. The van der Waals surface area contributed by atoms with Crippen molar-refractivity contribution in [2.45, 2.75) is 13.0 Å². The lowest BCUT2D eigenvalue weighted by Gasteiger charge is -2.34. The molecular weight excluding hydrogens is 381 g/mol. The Hall–Kier alpha value is -2.09. The molecule has 1 amide bonds. The van der Waals surface area contributed by atoms with Gasteiger partial charge < -0.3 is 4.90 Å². The molecule has 0 aliphatic carbocycles. The summed E-state index contributed by atoms with van der Waals surface area (Å²) in [4.78, 5) is 22.8. The number of piperazine rings is 1. The van der Waals surface area contributed by atoms with Crippen LogP contribution in [0.3, 0.4) is 0 Å². The number of hydrogen-bond donors (Lipinski definition) is 0. The highest BCUT2D eigenvalue weighted by atomic mass is 32.1. The average Bonchev–Trinajstić information content (AvgIpc) is 3.34. The van der Waals surface area contributed by atoms with Crippen molar-refractivity contribution in [1.29, 1.82) is 0 Å². The topological polar surface area (TPSA) is 36.4 Å². The molecule has 0 bridgehead atoms. The standard InChI is InChI=1S/C20H20FN3OS2/c21-16-4-1-3-15(11-16)20-22-17(14-27-20)12-19(25)24-8-6-23(7-9-24)13-18-5-2-10-26-18/h1-5,10-11,14H,6-9,12-13H2. The van der Waals surface area contributed by atoms with Crippen molar-refractivity contribution in [2.24, 2.45) is 0 Å². The average molecular weight is 402 g/mol. The first-order valence-corrected chi connectivity index (χ1v) is 10.7. The van der Waals surface area contributed by atoms with Crippen LogP contribution in [0.2, 0.25) is 0 Å². The van der Waals surface area contributed by atoms with Gasteiger partial charge in [-0.05, 0) is 23.6 Å². The Kier molecular flexibility index (Phi) is 5.61. The first-order chi connectivity index (χ1) is 13.2. The lowest BCUT2D eigenvalue weighted by Crippen LogP contribution is -2.48. The number of thiophene rings is 1. The van der Waals surface area contributed by atoms with E-state index in [9.17, 15) is 9.18 Å². The molecule has 3 heterocycles. The van der Waals surface area contributed by atoms with Crippen LogP contribution in [-0.4, -0.2) is 46.9 Å². The third-order valence-corrected chi connectivity index (χ3v) is 6.44. The summed E-state index contributed by atoms with van der Waals surface area (Å²) in [6, 6.07) is 10.6. The zero-order valence-electron chi connectivity index (χ0n) is 14.8. The van der Waals surface area contributed by atoms with E-state index in [1.165, 1.54) is 28.3 Å². The Balaban J connectivity index is 1.31. The van der Waals surface area contributed by atoms with Gasteiger partial charge in [-0.25, -0.2) is 9.37 Å². The van der Waals surface area contributed by atoms with Crippen molar-refractivity contribution in [3.8, 4) is 10.6 Å². The van der Waals surface area contributed by atoms with Gasteiger partial charge in [0.2, 0.25) is 5.91 Å². The van der Waals surface area contributed by atoms with Crippen molar-refractivity contribution in [3.63, 3.8) is 0 Å². The van der Waals surface area contributed by atoms with Crippen molar-refractivity contribution < 1.29 is 9.18 Å². The van der Waals surface area contributed by atoms with Crippen LogP contribution >= 0.6 is 22.7 Å². The van der Waals surface area contributed by atoms with Crippen LogP contribution in [0.5, 0.6) is 0 Å². The number of rotatable bonds is 5. The minimum atomic E-state index is -0.277. The van der Waals surface area contributed by atoms with Crippen molar-refractivity contribution in [3.05, 3.63) is 63.5 Å². The number of aromatic nitrogens is 1. The summed E-state index contributed by atoms with van der Waals surface area (Å²) >= 11 is 3.22. The van der Waals surface area contributed by atoms with Gasteiger partial charge in [-0.3, -0.25) is 9.69 Å². The third kappa shape index (κ3) is 4.61. The summed E-state index contributed by atoms with van der Waals surface area (Å²) in [6.07, 6.45) is 0.302. The molecule has 2 aromatic heterocycles. The van der Waals surface area contributed by atoms with E-state index >= 15 is 0 Å². The van der Waals surface area contributed by atoms with Crippen LogP contribution in [0.4, 0.5) is 4.39 Å². The summed E-state index contributed by atoms with van der Waals surface area (Å²) in [5.41, 5.74) is 1.51. The minimum absolute atomic E-state index is 0.113. The highest BCUT2D eigenvalue weighted by Gasteiger charge is 2.22. The molecule has 0 N–H and O–H groups in total. The van der Waals surface area contributed by atoms with Gasteiger partial charge in [0.25, 0.3) is 0 Å². The number of hydrogen-bond acceptors (Lipinski definition) is 5. The number of carbonyl (C=O) groups excluding carboxylic acids is 1. The molecule has 7 heteroatoms. The monoisotopic (exact) mass is 401 g/mol. The van der Waals surface area contributed by atoms with E-state index in [1.54, 1.807) is 17.4 Å². The van der Waals surface area contributed by atoms with Gasteiger partial charge in [-0.2, -0.15) is 0 Å². The van der Waals surface area contributed by atoms with Crippen LogP contribution in [0.25, 0.3) is 10.6 Å². The van der Waals surface area contributed by atoms with Gasteiger partial charge in [0.1, 0.15) is 10.8 Å². The highest BCUT2D eigenvalue weighted by Crippen LogP contribution is 2.24. The fourth-order valence-electron chi connectivity index (χ4n) is 3.19. The molecule has 1 saturated heterocycles. The summed E-state index contributed by atoms with van der Waals surface area (Å²) in [5, 5.41) is 4.74. The number of amides is 1. The fourth-order valence-corrected chi connectivity index (χ4v) is 4.75. The van der Waals surface area contributed by atoms with E-state index in [0.29, 0.717) is 6.42 Å². The molecule has 4 rings (SSSR count). The molecule has 0 atom stereocenters. The summed E-state index contributed by atoms with van der Waals surface area (Å²) < 4.78 is 13.4. The Bertz CT molecular complexity index is 902. The molecule has 0 saturated carbocycles. The SMILES string of the molecule is O=C(Cc1csc(-c2cccc(F)c2)n1)N1CCN(Cc2cccs2)CC1. The van der Waals surface area contributed by atoms with Crippen LogP contribution in [-0.2, 0) is 17.8 Å². The molecule has 4 nitrogen and oxygen atoms in total. The van der Waals surface area contributed by atoms with E-state index in [-0.39, 0.29) is 11.7 Å². The molecule has 1 fully saturated rings. The molecule has 1 aliphatic heterocycles. The zero-order chi connectivity index (χ0) is 18.6. The summed E-state index contributed by atoms with van der Waals surface area (Å²) in [7, 11) is 0. The van der Waals surface area contributed by atoms with E-state index in [1.807, 2.05) is 16.3 Å². The maximum atomic E-state index is 13.4. The maximum absolute atomic E-state index is 13.4. The number of carbonyl (C=O) groups is 1. The van der Waals surface area contributed by atoms with E-state index in [4.69, 9.17) is 0 Å². The Morgan fingerprint density at radius 2 is 1.96 bits per heavy atom. The largest absolute Gasteiger partial charge is 0.340 e. The normalized spacial score (nSPS) is 15.2. The van der Waals surface area contributed by atoms with E-state index in [0.717, 1.165) is 49.0 Å². The first kappa shape index (κ1) is 18.3. The van der Waals surface area contributed by atoms with Crippen molar-refractivity contribution in [2.75, 3.05) is 26.2 Å². The van der Waals surface area contributed by atoms with Crippen LogP contribution in [0.15, 0.2) is 47.2 Å². The molecule has 0 spiro atoms. The second-order valence-corrected chi connectivity index (χ2v) is 8.46. The predicted octanol–water partition coefficient (Wildman–Crippen LogP) is 3.90. The smallest absolute Gasteiger partial charge is 0.228 e. The predicted molar refractivity (Wildman–Crippen MR) is 107 cm³/mol. The van der Waals surface area contributed by atoms with Gasteiger partial charge in [0, 0.05) is 48.5 Å². The molecule has 27 heavy (non-hydrogen) atoms. The number of nitrogens with zero attached hydrogens (tertiary/aromatic N) is 3. The lowest BCUT2D eigenvalue weighted by atomic mass is 10.2. The second-order valence-electron chi connectivity index (χ2n) is 6.57. The minimum Gasteiger partial charge on any atom is -0.340 e. The van der Waals surface area contributed by atoms with Crippen LogP contribution in [0.1, 0.15) is 10.6 Å². The molecular formula is C20H20FN3OS2. The van der Waals surface area contributed by atoms with Gasteiger partial charge in [0.15, 0.2) is 0 Å². The Morgan fingerprint density at radius 1 is 1.11 bits per heavy atom. The third-order valence-electron chi connectivity index (χ3n) is 4.64. The van der Waals surface area contributed by atoms with Gasteiger partial charge in [-0.1, -0.05) is 18.2 Å². The fraction of sp³-hybridized carbons (Fsp3) is 0.300. The number of halogens is 1. The molecule has 1 aliphatic rings. The Labute approximate surface area is 165 Å². The quantitative estimate of drug-likeness (QED) is 0.651. The first-order valence-electron chi connectivity index (χ1n) is 8.90. The molecule has 140 valence electrons. The van der Waals surface area contributed by atoms with Crippen molar-refractivity contribution >= 4 is 28.6 Å². The number of thiazole rings is 1. The van der Waals surface area contributed by atoms with Crippen molar-refractivity contribution in [1.82, 2.24) is 14.8 Å². The molecule has 0 radical (unpaired) electrons. The summed E-state index contributed by atoms with van der Waals surface area (Å²) in [5.74, 6) is -0.164. The van der Waals surface area contributed by atoms with Crippen LogP contribution in [0, 0.1) is 5.82 Å². The maximum Gasteiger partial charge on any atom is 0.228 e. The van der Waals surface area contributed by atoms with Gasteiger partial charge in [-0.15, -0.1) is 22.7 Å². The second kappa shape index (κ2) is 8.29. The highest BCUT2D eigenvalue weighted by molar-refractivity contribution is 7.13. The van der Waals surface area contributed by atoms with E-state index < -0.39 is 0 Å². The van der Waals surface area contributed by atoms with E-state index in [2.05, 4.69) is 27.4 Å². The number of benzene rings is 1. The molecule has 0 unspecified atom stereocenters. The van der Waals surface area contributed by atoms with Gasteiger partial charge >= 0.3 is 0 Å². The molecule has 3 aromatic rings.